The fourth-order valence-corrected chi connectivity index (χ4v) is 5.17. The van der Waals surface area contributed by atoms with Crippen LogP contribution in [0.5, 0.6) is 0 Å². The van der Waals surface area contributed by atoms with Crippen molar-refractivity contribution in [3.05, 3.63) is 125 Å². The third kappa shape index (κ3) is 4.36. The van der Waals surface area contributed by atoms with Crippen LogP contribution < -0.4 is 0 Å². The van der Waals surface area contributed by atoms with Crippen molar-refractivity contribution in [3.63, 3.8) is 0 Å². The van der Waals surface area contributed by atoms with E-state index >= 15 is 0 Å². The van der Waals surface area contributed by atoms with Gasteiger partial charge in [-0.15, -0.1) is 0 Å². The van der Waals surface area contributed by atoms with Crippen molar-refractivity contribution in [3.8, 4) is 0 Å². The maximum Gasteiger partial charge on any atom is 0.287 e. The summed E-state index contributed by atoms with van der Waals surface area (Å²) in [6.45, 7) is 1.92. The molecule has 1 heterocycles. The van der Waals surface area contributed by atoms with Gasteiger partial charge in [0.05, 0.1) is 16.8 Å². The van der Waals surface area contributed by atoms with Crippen molar-refractivity contribution in [1.29, 1.82) is 0 Å². The highest BCUT2D eigenvalue weighted by Crippen LogP contribution is 2.45. The molecule has 0 fully saturated rings. The van der Waals surface area contributed by atoms with Crippen LogP contribution in [0.1, 0.15) is 41.4 Å². The average Bonchev–Trinajstić information content (AvgIpc) is 3.22. The third-order valence-corrected chi connectivity index (χ3v) is 7.24. The van der Waals surface area contributed by atoms with E-state index in [4.69, 9.17) is 0 Å². The summed E-state index contributed by atoms with van der Waals surface area (Å²) < 4.78 is 26.7. The molecule has 0 radical (unpaired) electrons. The quantitative estimate of drug-likeness (QED) is 0.267. The van der Waals surface area contributed by atoms with Crippen LogP contribution >= 0.6 is 0 Å². The molecular weight excluding hydrogens is 419 g/mol. The third-order valence-electron chi connectivity index (χ3n) is 5.85. The highest BCUT2D eigenvalue weighted by atomic mass is 32.2. The molecule has 3 aromatic carbocycles. The van der Waals surface area contributed by atoms with Crippen LogP contribution in [0.25, 0.3) is 0 Å². The highest BCUT2D eigenvalue weighted by Gasteiger charge is 2.42. The van der Waals surface area contributed by atoms with Gasteiger partial charge in [0.1, 0.15) is 11.5 Å². The van der Waals surface area contributed by atoms with E-state index < -0.39 is 22.7 Å². The molecule has 0 aliphatic rings. The van der Waals surface area contributed by atoms with Crippen molar-refractivity contribution in [2.24, 2.45) is 0 Å². The number of benzene rings is 3. The van der Waals surface area contributed by atoms with Gasteiger partial charge in [0.15, 0.2) is 0 Å². The van der Waals surface area contributed by atoms with Gasteiger partial charge in [-0.2, -0.15) is 4.39 Å². The first-order valence-electron chi connectivity index (χ1n) is 10.9. The molecule has 1 atom stereocenters. The van der Waals surface area contributed by atoms with E-state index in [9.17, 15) is 8.94 Å². The zero-order valence-electron chi connectivity index (χ0n) is 18.1. The maximum atomic E-state index is 14.7. The summed E-state index contributed by atoms with van der Waals surface area (Å²) >= 11 is -0.861. The van der Waals surface area contributed by atoms with Crippen LogP contribution in [0.3, 0.4) is 0 Å². The fraction of sp³-hybridized carbons (Fsp3) is 0.222. The Hall–Kier alpha value is -2.89. The molecule has 0 amide bonds. The fourth-order valence-electron chi connectivity index (χ4n) is 4.41. The second-order valence-electron chi connectivity index (χ2n) is 7.73. The zero-order chi connectivity index (χ0) is 22.4. The SMILES string of the molecule is CC[S+]([O-])CCCc1nc(F)[nH]c1C(c1ccccc1)(c1ccccc1)c1ccccc1. The number of hydrogen-bond donors (Lipinski definition) is 1. The minimum atomic E-state index is -0.861. The molecule has 1 N–H and O–H groups in total. The molecule has 3 nitrogen and oxygen atoms in total. The summed E-state index contributed by atoms with van der Waals surface area (Å²) in [7, 11) is 0. The first-order valence-corrected chi connectivity index (χ1v) is 12.4. The van der Waals surface area contributed by atoms with Gasteiger partial charge in [-0.05, 0) is 36.5 Å². The Labute approximate surface area is 191 Å². The Bertz CT molecular complexity index is 1020. The number of aromatic nitrogens is 2. The maximum absolute atomic E-state index is 14.7. The summed E-state index contributed by atoms with van der Waals surface area (Å²) in [6, 6.07) is 30.5. The van der Waals surface area contributed by atoms with Gasteiger partial charge in [-0.1, -0.05) is 102 Å². The van der Waals surface area contributed by atoms with E-state index in [2.05, 4.69) is 46.4 Å². The number of aryl methyl sites for hydroxylation is 1. The second-order valence-corrected chi connectivity index (χ2v) is 9.60. The molecule has 0 bridgehead atoms. The van der Waals surface area contributed by atoms with Gasteiger partial charge in [0, 0.05) is 0 Å². The molecule has 164 valence electrons. The van der Waals surface area contributed by atoms with E-state index in [0.717, 1.165) is 22.4 Å². The smallest absolute Gasteiger partial charge is 0.287 e. The van der Waals surface area contributed by atoms with Crippen molar-refractivity contribution >= 4 is 11.2 Å². The Morgan fingerprint density at radius 3 is 1.75 bits per heavy atom. The zero-order valence-corrected chi connectivity index (χ0v) is 18.9. The molecule has 0 aliphatic carbocycles. The van der Waals surface area contributed by atoms with E-state index in [1.807, 2.05) is 61.5 Å². The molecule has 32 heavy (non-hydrogen) atoms. The van der Waals surface area contributed by atoms with Crippen LogP contribution in [0, 0.1) is 6.08 Å². The number of imidazole rings is 1. The van der Waals surface area contributed by atoms with E-state index in [1.54, 1.807) is 0 Å². The van der Waals surface area contributed by atoms with E-state index in [1.165, 1.54) is 0 Å². The first-order chi connectivity index (χ1) is 15.7. The van der Waals surface area contributed by atoms with Crippen LogP contribution in [0.15, 0.2) is 91.0 Å². The van der Waals surface area contributed by atoms with Crippen molar-refractivity contribution in [1.82, 2.24) is 9.97 Å². The molecule has 0 spiro atoms. The lowest BCUT2D eigenvalue weighted by Crippen LogP contribution is -2.32. The van der Waals surface area contributed by atoms with Crippen molar-refractivity contribution < 1.29 is 8.94 Å². The average molecular weight is 447 g/mol. The highest BCUT2D eigenvalue weighted by molar-refractivity contribution is 7.91. The summed E-state index contributed by atoms with van der Waals surface area (Å²) in [6.07, 6.45) is 0.640. The topological polar surface area (TPSA) is 51.7 Å². The van der Waals surface area contributed by atoms with E-state index in [-0.39, 0.29) is 0 Å². The standard InChI is InChI=1S/C27H27FN2OS/c1-2-32(31)20-12-19-24-25(30-26(28)29-24)27(21-13-6-3-7-14-21,22-15-8-4-9-16-22)23-17-10-5-11-18-23/h3-11,13-18H,2,12,19-20H2,1H3,(H,29,30). The number of H-pyrrole nitrogens is 1. The number of halogens is 1. The molecular formula is C27H27FN2OS. The first kappa shape index (κ1) is 22.3. The van der Waals surface area contributed by atoms with Crippen LogP contribution in [-0.4, -0.2) is 26.0 Å². The Balaban J connectivity index is 1.96. The van der Waals surface area contributed by atoms with Crippen molar-refractivity contribution in [2.75, 3.05) is 11.5 Å². The number of nitrogens with one attached hydrogen (secondary N) is 1. The van der Waals surface area contributed by atoms with Crippen LogP contribution in [0.2, 0.25) is 0 Å². The predicted molar refractivity (Wildman–Crippen MR) is 129 cm³/mol. The number of rotatable bonds is 9. The lowest BCUT2D eigenvalue weighted by atomic mass is 9.66. The molecule has 1 unspecified atom stereocenters. The minimum absolute atomic E-state index is 0.551. The van der Waals surface area contributed by atoms with Gasteiger partial charge in [-0.3, -0.25) is 0 Å². The number of hydrogen-bond acceptors (Lipinski definition) is 2. The van der Waals surface area contributed by atoms with Crippen LogP contribution in [-0.2, 0) is 23.0 Å². The van der Waals surface area contributed by atoms with Gasteiger partial charge in [0.2, 0.25) is 0 Å². The lowest BCUT2D eigenvalue weighted by Gasteiger charge is -2.36. The number of aromatic amines is 1. The molecule has 4 rings (SSSR count). The van der Waals surface area contributed by atoms with Gasteiger partial charge < -0.3 is 9.54 Å². The second kappa shape index (κ2) is 10.2. The van der Waals surface area contributed by atoms with Gasteiger partial charge in [0.25, 0.3) is 6.08 Å². The molecule has 0 saturated heterocycles. The minimum Gasteiger partial charge on any atom is -0.616 e. The number of nitrogens with zero attached hydrogens (tertiary/aromatic N) is 1. The molecule has 5 heteroatoms. The lowest BCUT2D eigenvalue weighted by molar-refractivity contribution is 0.544. The Morgan fingerprint density at radius 1 is 0.844 bits per heavy atom. The summed E-state index contributed by atoms with van der Waals surface area (Å²) in [5.74, 6) is 1.21. The monoisotopic (exact) mass is 446 g/mol. The predicted octanol–water partition coefficient (Wildman–Crippen LogP) is 5.63. The van der Waals surface area contributed by atoms with Gasteiger partial charge >= 0.3 is 0 Å². The summed E-state index contributed by atoms with van der Waals surface area (Å²) in [4.78, 5) is 7.23. The van der Waals surface area contributed by atoms with Crippen molar-refractivity contribution in [2.45, 2.75) is 25.2 Å². The summed E-state index contributed by atoms with van der Waals surface area (Å²) in [5.41, 5.74) is 3.71. The molecule has 4 aromatic rings. The molecule has 1 aromatic heterocycles. The van der Waals surface area contributed by atoms with E-state index in [0.29, 0.717) is 30.0 Å². The Kier molecular flexibility index (Phi) is 7.08. The van der Waals surface area contributed by atoms with Gasteiger partial charge in [-0.25, -0.2) is 4.98 Å². The Morgan fingerprint density at radius 2 is 1.31 bits per heavy atom. The molecule has 0 saturated carbocycles. The molecule has 0 aliphatic heterocycles. The summed E-state index contributed by atoms with van der Waals surface area (Å²) in [5, 5.41) is 0. The normalized spacial score (nSPS) is 12.6. The van der Waals surface area contributed by atoms with Crippen LogP contribution in [0.4, 0.5) is 4.39 Å². The largest absolute Gasteiger partial charge is 0.616 e.